The van der Waals surface area contributed by atoms with E-state index in [-0.39, 0.29) is 0 Å². The molecule has 0 bridgehead atoms. The smallest absolute Gasteiger partial charge is 0.279 e. The van der Waals surface area contributed by atoms with Crippen molar-refractivity contribution in [3.8, 4) is 0 Å². The van der Waals surface area contributed by atoms with Gasteiger partial charge in [0.1, 0.15) is 22.1 Å². The van der Waals surface area contributed by atoms with Crippen LogP contribution in [0.25, 0.3) is 22.1 Å². The summed E-state index contributed by atoms with van der Waals surface area (Å²) in [6.45, 7) is 0. The van der Waals surface area contributed by atoms with Crippen LogP contribution in [0, 0.1) is 10.4 Å². The zero-order chi connectivity index (χ0) is 18.9. The van der Waals surface area contributed by atoms with E-state index in [1.54, 1.807) is 0 Å². The number of nitrogens with zero attached hydrogens (tertiary/aromatic N) is 2. The van der Waals surface area contributed by atoms with Crippen LogP contribution in [0.4, 0.5) is 0 Å². The fourth-order valence-corrected chi connectivity index (χ4v) is 2.75. The average Bonchev–Trinajstić information content (AvgIpc) is 2.63. The fourth-order valence-electron chi connectivity index (χ4n) is 2.75. The van der Waals surface area contributed by atoms with Gasteiger partial charge in [-0.15, -0.1) is 0 Å². The van der Waals surface area contributed by atoms with Crippen molar-refractivity contribution in [2.24, 2.45) is 0 Å². The summed E-state index contributed by atoms with van der Waals surface area (Å²) in [6.07, 6.45) is 0. The van der Waals surface area contributed by atoms with Gasteiger partial charge in [0.05, 0.1) is 10.4 Å². The normalized spacial score (nSPS) is 11.5. The molecule has 0 radical (unpaired) electrons. The molecule has 1 heterocycles. The van der Waals surface area contributed by atoms with E-state index in [1.165, 1.54) is 0 Å². The van der Waals surface area contributed by atoms with Crippen LogP contribution in [0.1, 0.15) is 0 Å². The summed E-state index contributed by atoms with van der Waals surface area (Å²) >= 11 is 0. The summed E-state index contributed by atoms with van der Waals surface area (Å²) in [5, 5.41) is -1.27. The lowest BCUT2D eigenvalue weighted by Gasteiger charge is -1.99. The molecule has 1 aromatic heterocycles. The van der Waals surface area contributed by atoms with Crippen molar-refractivity contribution in [1.29, 1.82) is 0 Å². The van der Waals surface area contributed by atoms with E-state index < -0.39 is 75.9 Å². The first-order valence-electron chi connectivity index (χ1n) is 6.94. The number of benzene rings is 1. The molecule has 0 amide bonds. The Morgan fingerprint density at radius 1 is 0.423 bits per heavy atom. The quantitative estimate of drug-likeness (QED) is 0.287. The van der Waals surface area contributed by atoms with Crippen LogP contribution >= 0.6 is 0 Å². The average molecular weight is 350 g/mol. The van der Waals surface area contributed by atoms with Gasteiger partial charge in [-0.05, 0) is 12.1 Å². The number of rotatable bonds is 0. The van der Waals surface area contributed by atoms with Gasteiger partial charge >= 0.3 is 0 Å². The van der Waals surface area contributed by atoms with Gasteiger partial charge in [0.2, 0.25) is 5.43 Å². The first-order valence-corrected chi connectivity index (χ1v) is 6.94. The van der Waals surface area contributed by atoms with Gasteiger partial charge in [0.25, 0.3) is 27.1 Å². The summed E-state index contributed by atoms with van der Waals surface area (Å²) in [4.78, 5) is 102. The number of hydrogen-bond donors (Lipinski definition) is 0. The molecule has 0 aliphatic heterocycles. The predicted octanol–water partition coefficient (Wildman–Crippen LogP) is -3.86. The zero-order valence-corrected chi connectivity index (χ0v) is 12.3. The van der Waals surface area contributed by atoms with E-state index in [2.05, 4.69) is 9.97 Å². The van der Waals surface area contributed by atoms with E-state index in [4.69, 9.17) is 0 Å². The molecule has 2 aliphatic carbocycles. The van der Waals surface area contributed by atoms with E-state index >= 15 is 0 Å². The second kappa shape index (κ2) is 4.72. The maximum Gasteiger partial charge on any atom is 0.279 e. The first-order chi connectivity index (χ1) is 12.2. The summed E-state index contributed by atoms with van der Waals surface area (Å²) < 4.78 is 0. The molecule has 0 saturated heterocycles. The number of fused-ring (bicyclic) bond motifs is 3. The molecular formula is C16H2N2O8. The Morgan fingerprint density at radius 2 is 0.808 bits per heavy atom. The highest BCUT2D eigenvalue weighted by atomic mass is 16.2. The fraction of sp³-hybridized carbons (Fsp3) is 0. The van der Waals surface area contributed by atoms with Crippen LogP contribution in [0.5, 0.6) is 0 Å². The molecule has 1 aromatic carbocycles. The highest BCUT2D eigenvalue weighted by molar-refractivity contribution is 5.86. The highest BCUT2D eigenvalue weighted by Gasteiger charge is 2.20. The van der Waals surface area contributed by atoms with Gasteiger partial charge in [-0.2, -0.15) is 0 Å². The van der Waals surface area contributed by atoms with E-state index in [0.29, 0.717) is 0 Å². The van der Waals surface area contributed by atoms with Crippen molar-refractivity contribution in [3.63, 3.8) is 0 Å². The molecule has 2 aliphatic rings. The lowest BCUT2D eigenvalue weighted by Crippen LogP contribution is -2.47. The van der Waals surface area contributed by atoms with Crippen LogP contribution in [0.3, 0.4) is 0 Å². The SMILES string of the molecule is O=c1ccc(=O)c2c3nc4c(=O)c(=O)c(=O)c(=O)c4nc3c(=O)c(=O)c1=2. The van der Waals surface area contributed by atoms with Crippen LogP contribution in [-0.4, -0.2) is 9.97 Å². The van der Waals surface area contributed by atoms with Crippen molar-refractivity contribution in [1.82, 2.24) is 9.97 Å². The van der Waals surface area contributed by atoms with E-state index in [9.17, 15) is 38.4 Å². The van der Waals surface area contributed by atoms with E-state index in [1.807, 2.05) is 0 Å². The molecule has 124 valence electrons. The first kappa shape index (κ1) is 15.4. The summed E-state index contributed by atoms with van der Waals surface area (Å²) in [5.74, 6) is 0. The molecule has 4 rings (SSSR count). The highest BCUT2D eigenvalue weighted by Crippen LogP contribution is 2.07. The molecule has 10 heteroatoms. The molecule has 10 nitrogen and oxygen atoms in total. The zero-order valence-electron chi connectivity index (χ0n) is 12.3. The molecular weight excluding hydrogens is 348 g/mol. The molecule has 0 saturated carbocycles. The topological polar surface area (TPSA) is 162 Å². The lowest BCUT2D eigenvalue weighted by atomic mass is 10.1. The van der Waals surface area contributed by atoms with Crippen LogP contribution in [0.2, 0.25) is 0 Å². The third kappa shape index (κ3) is 1.69. The minimum absolute atomic E-state index is 0.544. The van der Waals surface area contributed by atoms with Crippen LogP contribution < -0.4 is 43.4 Å². The molecule has 26 heavy (non-hydrogen) atoms. The molecule has 0 unspecified atom stereocenters. The maximum absolute atomic E-state index is 12.2. The summed E-state index contributed by atoms with van der Waals surface area (Å²) in [7, 11) is 0. The maximum atomic E-state index is 12.2. The van der Waals surface area contributed by atoms with Gasteiger partial charge in [-0.25, -0.2) is 9.97 Å². The predicted molar refractivity (Wildman–Crippen MR) is 87.2 cm³/mol. The number of hydrogen-bond acceptors (Lipinski definition) is 10. The Labute approximate surface area is 137 Å². The summed E-state index contributed by atoms with van der Waals surface area (Å²) in [6, 6.07) is 1.65. The third-order valence-electron chi connectivity index (χ3n) is 3.96. The largest absolute Gasteiger partial charge is 0.289 e. The van der Waals surface area contributed by atoms with Crippen molar-refractivity contribution in [2.75, 3.05) is 0 Å². The van der Waals surface area contributed by atoms with Crippen LogP contribution in [-0.2, 0) is 0 Å². The Morgan fingerprint density at radius 3 is 1.35 bits per heavy atom. The molecule has 0 N–H and O–H groups in total. The van der Waals surface area contributed by atoms with E-state index in [0.717, 1.165) is 12.1 Å². The van der Waals surface area contributed by atoms with Gasteiger partial charge in [-0.3, -0.25) is 38.4 Å². The van der Waals surface area contributed by atoms with Gasteiger partial charge in [0, 0.05) is 0 Å². The Bertz CT molecular complexity index is 1790. The van der Waals surface area contributed by atoms with Crippen molar-refractivity contribution < 1.29 is 0 Å². The Hall–Kier alpha value is -4.08. The minimum atomic E-state index is -1.64. The van der Waals surface area contributed by atoms with Gasteiger partial charge in [-0.1, -0.05) is 0 Å². The summed E-state index contributed by atoms with van der Waals surface area (Å²) in [5.41, 5.74) is -13.5. The van der Waals surface area contributed by atoms with Crippen molar-refractivity contribution >= 4 is 22.1 Å². The van der Waals surface area contributed by atoms with Gasteiger partial charge < -0.3 is 0 Å². The third-order valence-corrected chi connectivity index (χ3v) is 3.96. The van der Waals surface area contributed by atoms with Crippen LogP contribution in [0.15, 0.2) is 50.5 Å². The monoisotopic (exact) mass is 350 g/mol. The number of aromatic nitrogens is 2. The Kier molecular flexibility index (Phi) is 2.81. The second-order valence-electron chi connectivity index (χ2n) is 5.40. The molecule has 0 fully saturated rings. The molecule has 0 spiro atoms. The molecule has 0 atom stereocenters. The molecule has 2 aromatic rings. The standard InChI is InChI=1S/C16H2N2O8/c19-3-1-2-4(20)6-5(3)7-8(12(22)11(6)21)18-10-9(17-7)13(23)15(25)16(26)14(10)24/h1-2H. The van der Waals surface area contributed by atoms with Crippen molar-refractivity contribution in [2.45, 2.75) is 0 Å². The van der Waals surface area contributed by atoms with Crippen molar-refractivity contribution in [3.05, 3.63) is 104 Å². The lowest BCUT2D eigenvalue weighted by molar-refractivity contribution is 1.24. The second-order valence-corrected chi connectivity index (χ2v) is 5.40. The minimum Gasteiger partial charge on any atom is -0.289 e. The Balaban J connectivity index is 2.62. The van der Waals surface area contributed by atoms with Gasteiger partial charge in [0.15, 0.2) is 10.9 Å².